The molecule has 18 heavy (non-hydrogen) atoms. The fourth-order valence-electron chi connectivity index (χ4n) is 1.08. The molecule has 0 aliphatic carbocycles. The van der Waals surface area contributed by atoms with Crippen LogP contribution in [0.1, 0.15) is 18.9 Å². The van der Waals surface area contributed by atoms with Crippen LogP contribution in [-0.2, 0) is 9.59 Å². The van der Waals surface area contributed by atoms with E-state index < -0.39 is 11.8 Å². The number of hydrogen-bond donors (Lipinski definition) is 2. The molecule has 0 bridgehead atoms. The van der Waals surface area contributed by atoms with Crippen molar-refractivity contribution in [3.05, 3.63) is 34.9 Å². The normalized spacial score (nSPS) is 10.3. The first kappa shape index (κ1) is 14.2. The van der Waals surface area contributed by atoms with Gasteiger partial charge >= 0.3 is 11.8 Å². The zero-order valence-electron chi connectivity index (χ0n) is 9.94. The number of amides is 2. The maximum Gasteiger partial charge on any atom is 0.329 e. The van der Waals surface area contributed by atoms with Gasteiger partial charge in [-0.1, -0.05) is 30.7 Å². The molecular formula is C12H14ClN3O2. The Balaban J connectivity index is 2.42. The van der Waals surface area contributed by atoms with Gasteiger partial charge in [-0.25, -0.2) is 5.43 Å². The van der Waals surface area contributed by atoms with Gasteiger partial charge in [0.2, 0.25) is 0 Å². The Morgan fingerprint density at radius 1 is 1.28 bits per heavy atom. The Morgan fingerprint density at radius 2 is 1.94 bits per heavy atom. The summed E-state index contributed by atoms with van der Waals surface area (Å²) in [6, 6.07) is 6.90. The first-order chi connectivity index (χ1) is 8.63. The van der Waals surface area contributed by atoms with Crippen LogP contribution in [0.5, 0.6) is 0 Å². The molecule has 5 nitrogen and oxygen atoms in total. The second-order valence-corrected chi connectivity index (χ2v) is 3.94. The highest BCUT2D eigenvalue weighted by Gasteiger charge is 2.10. The smallest absolute Gasteiger partial charge is 0.329 e. The number of nitrogens with zero attached hydrogens (tertiary/aromatic N) is 1. The lowest BCUT2D eigenvalue weighted by molar-refractivity contribution is -0.139. The van der Waals surface area contributed by atoms with Crippen molar-refractivity contribution in [2.75, 3.05) is 6.54 Å². The number of hydrogen-bond acceptors (Lipinski definition) is 3. The van der Waals surface area contributed by atoms with Crippen LogP contribution in [0.15, 0.2) is 29.4 Å². The summed E-state index contributed by atoms with van der Waals surface area (Å²) in [4.78, 5) is 22.4. The summed E-state index contributed by atoms with van der Waals surface area (Å²) >= 11 is 5.72. The molecule has 0 fully saturated rings. The topological polar surface area (TPSA) is 70.6 Å². The maximum atomic E-state index is 11.2. The highest BCUT2D eigenvalue weighted by Crippen LogP contribution is 2.07. The van der Waals surface area contributed by atoms with Gasteiger partial charge in [0.05, 0.1) is 6.21 Å². The van der Waals surface area contributed by atoms with E-state index in [9.17, 15) is 9.59 Å². The molecule has 2 amide bonds. The standard InChI is InChI=1S/C12H14ClN3O2/c1-2-7-14-11(17)12(18)16-15-8-9-3-5-10(13)6-4-9/h3-6,8H,2,7H2,1H3,(H,14,17)(H,16,18)/b15-8-. The van der Waals surface area contributed by atoms with Gasteiger partial charge in [-0.3, -0.25) is 9.59 Å². The molecule has 1 aromatic rings. The van der Waals surface area contributed by atoms with Gasteiger partial charge in [0.25, 0.3) is 0 Å². The van der Waals surface area contributed by atoms with Crippen molar-refractivity contribution in [1.82, 2.24) is 10.7 Å². The van der Waals surface area contributed by atoms with Crippen LogP contribution in [0.25, 0.3) is 0 Å². The SMILES string of the molecule is CCCNC(=O)C(=O)N/N=C\c1ccc(Cl)cc1. The van der Waals surface area contributed by atoms with Gasteiger partial charge in [0.15, 0.2) is 0 Å². The molecule has 0 heterocycles. The minimum atomic E-state index is -0.784. The fourth-order valence-corrected chi connectivity index (χ4v) is 1.21. The van der Waals surface area contributed by atoms with Crippen LogP contribution in [0.4, 0.5) is 0 Å². The molecule has 2 N–H and O–H groups in total. The molecule has 0 aromatic heterocycles. The second kappa shape index (κ2) is 7.45. The van der Waals surface area contributed by atoms with Crippen molar-refractivity contribution in [2.24, 2.45) is 5.10 Å². The second-order valence-electron chi connectivity index (χ2n) is 3.51. The number of carbonyl (C=O) groups is 2. The molecule has 0 aliphatic rings. The van der Waals surface area contributed by atoms with Crippen LogP contribution in [-0.4, -0.2) is 24.6 Å². The van der Waals surface area contributed by atoms with Gasteiger partial charge in [-0.05, 0) is 24.1 Å². The van der Waals surface area contributed by atoms with E-state index in [1.54, 1.807) is 24.3 Å². The number of benzene rings is 1. The quantitative estimate of drug-likeness (QED) is 0.491. The lowest BCUT2D eigenvalue weighted by atomic mass is 10.2. The summed E-state index contributed by atoms with van der Waals surface area (Å²) in [6.07, 6.45) is 2.20. The Bertz CT molecular complexity index is 443. The first-order valence-electron chi connectivity index (χ1n) is 5.50. The van der Waals surface area contributed by atoms with Gasteiger partial charge in [0.1, 0.15) is 0 Å². The number of halogens is 1. The third-order valence-electron chi connectivity index (χ3n) is 1.99. The van der Waals surface area contributed by atoms with E-state index in [1.165, 1.54) is 6.21 Å². The Hall–Kier alpha value is -1.88. The molecule has 6 heteroatoms. The van der Waals surface area contributed by atoms with Crippen molar-refractivity contribution in [3.63, 3.8) is 0 Å². The third-order valence-corrected chi connectivity index (χ3v) is 2.24. The summed E-state index contributed by atoms with van der Waals surface area (Å²) < 4.78 is 0. The summed E-state index contributed by atoms with van der Waals surface area (Å²) in [5.74, 6) is -1.47. The van der Waals surface area contributed by atoms with Crippen molar-refractivity contribution in [3.8, 4) is 0 Å². The molecule has 1 rings (SSSR count). The van der Waals surface area contributed by atoms with E-state index in [4.69, 9.17) is 11.6 Å². The monoisotopic (exact) mass is 267 g/mol. The maximum absolute atomic E-state index is 11.2. The van der Waals surface area contributed by atoms with Crippen molar-refractivity contribution in [2.45, 2.75) is 13.3 Å². The van der Waals surface area contributed by atoms with E-state index in [0.717, 1.165) is 12.0 Å². The number of carbonyl (C=O) groups excluding carboxylic acids is 2. The van der Waals surface area contributed by atoms with E-state index in [1.807, 2.05) is 6.92 Å². The zero-order chi connectivity index (χ0) is 13.4. The van der Waals surface area contributed by atoms with Crippen LogP contribution >= 0.6 is 11.6 Å². The van der Waals surface area contributed by atoms with E-state index in [2.05, 4.69) is 15.8 Å². The average molecular weight is 268 g/mol. The molecule has 0 radical (unpaired) electrons. The molecule has 0 spiro atoms. The minimum absolute atomic E-state index is 0.465. The predicted molar refractivity (Wildman–Crippen MR) is 70.5 cm³/mol. The van der Waals surface area contributed by atoms with Crippen LogP contribution in [0, 0.1) is 0 Å². The summed E-state index contributed by atoms with van der Waals surface area (Å²) in [6.45, 7) is 2.37. The van der Waals surface area contributed by atoms with Crippen LogP contribution < -0.4 is 10.7 Å². The van der Waals surface area contributed by atoms with Crippen molar-refractivity contribution in [1.29, 1.82) is 0 Å². The minimum Gasteiger partial charge on any atom is -0.348 e. The summed E-state index contributed by atoms with van der Waals surface area (Å²) in [7, 11) is 0. The zero-order valence-corrected chi connectivity index (χ0v) is 10.7. The molecular weight excluding hydrogens is 254 g/mol. The highest BCUT2D eigenvalue weighted by molar-refractivity contribution is 6.35. The van der Waals surface area contributed by atoms with Crippen molar-refractivity contribution >= 4 is 29.6 Å². The van der Waals surface area contributed by atoms with Crippen LogP contribution in [0.2, 0.25) is 5.02 Å². The molecule has 0 aliphatic heterocycles. The van der Waals surface area contributed by atoms with Gasteiger partial charge in [-0.2, -0.15) is 5.10 Å². The number of hydrazone groups is 1. The Morgan fingerprint density at radius 3 is 2.56 bits per heavy atom. The summed E-state index contributed by atoms with van der Waals surface area (Å²) in [5, 5.41) is 6.74. The third kappa shape index (κ3) is 4.97. The average Bonchev–Trinajstić information content (AvgIpc) is 2.38. The molecule has 1 aromatic carbocycles. The lowest BCUT2D eigenvalue weighted by Gasteiger charge is -2.00. The number of rotatable bonds is 4. The highest BCUT2D eigenvalue weighted by atomic mass is 35.5. The van der Waals surface area contributed by atoms with Gasteiger partial charge < -0.3 is 5.32 Å². The summed E-state index contributed by atoms with van der Waals surface area (Å²) in [5.41, 5.74) is 2.91. The number of nitrogens with one attached hydrogen (secondary N) is 2. The van der Waals surface area contributed by atoms with Gasteiger partial charge in [0, 0.05) is 11.6 Å². The van der Waals surface area contributed by atoms with Crippen molar-refractivity contribution < 1.29 is 9.59 Å². The van der Waals surface area contributed by atoms with E-state index in [0.29, 0.717) is 11.6 Å². The lowest BCUT2D eigenvalue weighted by Crippen LogP contribution is -2.38. The largest absolute Gasteiger partial charge is 0.348 e. The molecule has 0 unspecified atom stereocenters. The van der Waals surface area contributed by atoms with E-state index >= 15 is 0 Å². The van der Waals surface area contributed by atoms with Gasteiger partial charge in [-0.15, -0.1) is 0 Å². The first-order valence-corrected chi connectivity index (χ1v) is 5.88. The Kier molecular flexibility index (Phi) is 5.87. The fraction of sp³-hybridized carbons (Fsp3) is 0.250. The molecule has 96 valence electrons. The Labute approximate surface area is 110 Å². The molecule has 0 atom stereocenters. The molecule has 0 saturated carbocycles. The predicted octanol–water partition coefficient (Wildman–Crippen LogP) is 1.32. The van der Waals surface area contributed by atoms with Crippen LogP contribution in [0.3, 0.4) is 0 Å². The van der Waals surface area contributed by atoms with E-state index in [-0.39, 0.29) is 0 Å². The molecule has 0 saturated heterocycles.